The first-order valence-corrected chi connectivity index (χ1v) is 14.0. The van der Waals surface area contributed by atoms with Gasteiger partial charge in [0.1, 0.15) is 22.7 Å². The Bertz CT molecular complexity index is 1480. The van der Waals surface area contributed by atoms with Crippen LogP contribution in [0.1, 0.15) is 36.3 Å². The zero-order chi connectivity index (χ0) is 26.2. The Morgan fingerprint density at radius 1 is 1.30 bits per heavy atom. The molecule has 15 heteroatoms. The van der Waals surface area contributed by atoms with E-state index in [0.29, 0.717) is 28.6 Å². The zero-order valence-electron chi connectivity index (χ0n) is 19.6. The van der Waals surface area contributed by atoms with Gasteiger partial charge >= 0.3 is 7.60 Å². The molecule has 1 fully saturated rings. The summed E-state index contributed by atoms with van der Waals surface area (Å²) in [5.74, 6) is -1.16. The van der Waals surface area contributed by atoms with Gasteiger partial charge in [-0.25, -0.2) is 9.97 Å². The molecule has 194 valence electrons. The van der Waals surface area contributed by atoms with Crippen molar-refractivity contribution < 1.29 is 28.3 Å². The number of amides is 1. The molecule has 0 aromatic carbocycles. The number of carbonyl (C=O) groups is 1. The van der Waals surface area contributed by atoms with Crippen molar-refractivity contribution in [2.75, 3.05) is 11.9 Å². The molecule has 0 radical (unpaired) electrons. The lowest BCUT2D eigenvalue weighted by atomic mass is 9.89. The molecule has 4 heterocycles. The molecular weight excluding hydrogens is 524 g/mol. The third-order valence-corrected chi connectivity index (χ3v) is 7.28. The number of halogens is 1. The SMILES string of the molecule is CCOC1CC(n2cc(NC(=O)c3csc(-c4cnn(CP(=O)(O)O)c4)n3)c(-c3cccc(F)n3)n2)C1. The molecular formula is C22H23FN7O5PS. The van der Waals surface area contributed by atoms with Crippen LogP contribution in [0.3, 0.4) is 0 Å². The van der Waals surface area contributed by atoms with Crippen LogP contribution >= 0.6 is 18.9 Å². The van der Waals surface area contributed by atoms with Crippen LogP contribution in [0.25, 0.3) is 22.0 Å². The van der Waals surface area contributed by atoms with E-state index in [4.69, 9.17) is 14.5 Å². The lowest BCUT2D eigenvalue weighted by Crippen LogP contribution is -2.33. The Morgan fingerprint density at radius 2 is 2.11 bits per heavy atom. The van der Waals surface area contributed by atoms with Gasteiger partial charge < -0.3 is 19.8 Å². The van der Waals surface area contributed by atoms with E-state index in [0.717, 1.165) is 17.5 Å². The summed E-state index contributed by atoms with van der Waals surface area (Å²) < 4.78 is 33.5. The quantitative estimate of drug-likeness (QED) is 0.211. The number of nitrogens with zero attached hydrogens (tertiary/aromatic N) is 6. The molecule has 0 atom stereocenters. The molecule has 3 N–H and O–H groups in total. The van der Waals surface area contributed by atoms with E-state index in [1.165, 1.54) is 35.9 Å². The number of carbonyl (C=O) groups excluding carboxylic acids is 1. The van der Waals surface area contributed by atoms with Gasteiger partial charge in [0.25, 0.3) is 5.91 Å². The molecule has 1 saturated carbocycles. The molecule has 4 aromatic rings. The number of pyridine rings is 1. The minimum absolute atomic E-state index is 0.0880. The number of aromatic nitrogens is 6. The highest BCUT2D eigenvalue weighted by atomic mass is 32.1. The molecule has 0 bridgehead atoms. The average molecular weight is 548 g/mol. The maximum Gasteiger partial charge on any atom is 0.346 e. The number of nitrogens with one attached hydrogen (secondary N) is 1. The smallest absolute Gasteiger partial charge is 0.346 e. The number of thiazole rings is 1. The molecule has 4 aromatic heterocycles. The summed E-state index contributed by atoms with van der Waals surface area (Å²) in [6.07, 6.45) is 5.74. The van der Waals surface area contributed by atoms with E-state index in [9.17, 15) is 13.8 Å². The number of anilines is 1. The number of hydrogen-bond donors (Lipinski definition) is 3. The molecule has 0 spiro atoms. The predicted molar refractivity (Wildman–Crippen MR) is 132 cm³/mol. The fourth-order valence-corrected chi connectivity index (χ4v) is 5.27. The summed E-state index contributed by atoms with van der Waals surface area (Å²) in [4.78, 5) is 39.6. The van der Waals surface area contributed by atoms with Gasteiger partial charge in [-0.1, -0.05) is 6.07 Å². The number of ether oxygens (including phenoxy) is 1. The van der Waals surface area contributed by atoms with Gasteiger partial charge in [-0.2, -0.15) is 14.6 Å². The monoisotopic (exact) mass is 547 g/mol. The first kappa shape index (κ1) is 25.4. The van der Waals surface area contributed by atoms with Crippen LogP contribution in [0.5, 0.6) is 0 Å². The molecule has 37 heavy (non-hydrogen) atoms. The fourth-order valence-electron chi connectivity index (χ4n) is 3.96. The number of hydrogen-bond acceptors (Lipinski definition) is 8. The molecule has 1 aliphatic carbocycles. The van der Waals surface area contributed by atoms with Gasteiger partial charge in [-0.3, -0.25) is 18.7 Å². The van der Waals surface area contributed by atoms with Gasteiger partial charge in [-0.15, -0.1) is 11.3 Å². The molecule has 12 nitrogen and oxygen atoms in total. The van der Waals surface area contributed by atoms with Gasteiger partial charge in [0.2, 0.25) is 5.95 Å². The topological polar surface area (TPSA) is 157 Å². The Morgan fingerprint density at radius 3 is 2.84 bits per heavy atom. The van der Waals surface area contributed by atoms with Crippen molar-refractivity contribution in [2.45, 2.75) is 38.2 Å². The van der Waals surface area contributed by atoms with Gasteiger partial charge in [0.15, 0.2) is 0 Å². The lowest BCUT2D eigenvalue weighted by Gasteiger charge is -2.34. The summed E-state index contributed by atoms with van der Waals surface area (Å²) in [7, 11) is -4.28. The standard InChI is InChI=1S/C22H23FN7O5PS/c1-2-35-15-6-14(7-15)30-10-17(20(28-30)16-4-3-5-19(23)25-16)26-21(31)18-11-37-22(27-18)13-8-24-29(9-13)12-36(32,33)34/h3-5,8-11,14-15H,2,6-7,12H2,1H3,(H,26,31)(H2,32,33,34). The van der Waals surface area contributed by atoms with Gasteiger partial charge in [0.05, 0.1) is 29.7 Å². The molecule has 0 saturated heterocycles. The largest absolute Gasteiger partial charge is 0.378 e. The molecule has 0 aliphatic heterocycles. The third kappa shape index (κ3) is 5.84. The Hall–Kier alpha value is -3.29. The van der Waals surface area contributed by atoms with Crippen LogP contribution in [0, 0.1) is 5.95 Å². The average Bonchev–Trinajstić information content (AvgIpc) is 3.54. The van der Waals surface area contributed by atoms with Crippen LogP contribution in [-0.2, 0) is 15.6 Å². The molecule has 1 amide bonds. The third-order valence-electron chi connectivity index (χ3n) is 5.73. The van der Waals surface area contributed by atoms with Crippen molar-refractivity contribution in [3.05, 3.63) is 53.8 Å². The zero-order valence-corrected chi connectivity index (χ0v) is 21.3. The predicted octanol–water partition coefficient (Wildman–Crippen LogP) is 3.53. The van der Waals surface area contributed by atoms with Crippen molar-refractivity contribution in [3.8, 4) is 22.0 Å². The van der Waals surface area contributed by atoms with Crippen LogP contribution in [0.4, 0.5) is 10.1 Å². The second-order valence-electron chi connectivity index (χ2n) is 8.49. The number of rotatable bonds is 9. The Balaban J connectivity index is 1.36. The van der Waals surface area contributed by atoms with Crippen molar-refractivity contribution in [3.63, 3.8) is 0 Å². The molecule has 0 unspecified atom stereocenters. The highest BCUT2D eigenvalue weighted by molar-refractivity contribution is 7.50. The van der Waals surface area contributed by atoms with E-state index in [1.807, 2.05) is 6.92 Å². The highest BCUT2D eigenvalue weighted by Gasteiger charge is 2.33. The maximum atomic E-state index is 13.8. The highest BCUT2D eigenvalue weighted by Crippen LogP contribution is 2.38. The summed E-state index contributed by atoms with van der Waals surface area (Å²) in [6, 6.07) is 4.46. The minimum Gasteiger partial charge on any atom is -0.378 e. The Kier molecular flexibility index (Phi) is 7.01. The lowest BCUT2D eigenvalue weighted by molar-refractivity contribution is -0.0226. The molecule has 1 aliphatic rings. The van der Waals surface area contributed by atoms with E-state index < -0.39 is 25.7 Å². The normalized spacial score (nSPS) is 17.5. The van der Waals surface area contributed by atoms with Crippen molar-refractivity contribution in [2.24, 2.45) is 0 Å². The molecule has 5 rings (SSSR count). The summed E-state index contributed by atoms with van der Waals surface area (Å²) in [6.45, 7) is 2.58. The summed E-state index contributed by atoms with van der Waals surface area (Å²) in [5.41, 5.74) is 1.64. The van der Waals surface area contributed by atoms with Crippen LogP contribution in [-0.4, -0.2) is 57.9 Å². The first-order valence-electron chi connectivity index (χ1n) is 11.4. The summed E-state index contributed by atoms with van der Waals surface area (Å²) >= 11 is 1.19. The maximum absolute atomic E-state index is 13.8. The fraction of sp³-hybridized carbons (Fsp3) is 0.318. The van der Waals surface area contributed by atoms with E-state index in [-0.39, 0.29) is 23.5 Å². The van der Waals surface area contributed by atoms with Crippen LogP contribution in [0.15, 0.2) is 42.2 Å². The summed E-state index contributed by atoms with van der Waals surface area (Å²) in [5, 5.41) is 13.4. The van der Waals surface area contributed by atoms with Crippen molar-refractivity contribution >= 4 is 30.5 Å². The minimum atomic E-state index is -4.28. The second kappa shape index (κ2) is 10.2. The van der Waals surface area contributed by atoms with Crippen molar-refractivity contribution in [1.82, 2.24) is 29.5 Å². The van der Waals surface area contributed by atoms with Gasteiger partial charge in [0, 0.05) is 29.9 Å². The van der Waals surface area contributed by atoms with Crippen LogP contribution in [0.2, 0.25) is 0 Å². The van der Waals surface area contributed by atoms with Gasteiger partial charge in [-0.05, 0) is 31.9 Å². The van der Waals surface area contributed by atoms with E-state index in [1.54, 1.807) is 22.3 Å². The van der Waals surface area contributed by atoms with Crippen LogP contribution < -0.4 is 5.32 Å². The van der Waals surface area contributed by atoms with Crippen molar-refractivity contribution in [1.29, 1.82) is 0 Å². The van der Waals surface area contributed by atoms with E-state index >= 15 is 0 Å². The van der Waals surface area contributed by atoms with E-state index in [2.05, 4.69) is 25.5 Å². The second-order valence-corrected chi connectivity index (χ2v) is 11.0. The Labute approximate surface area is 214 Å². The first-order chi connectivity index (χ1) is 17.7.